The van der Waals surface area contributed by atoms with Crippen molar-refractivity contribution in [2.45, 2.75) is 37.3 Å². The second-order valence-electron chi connectivity index (χ2n) is 5.43. The molecule has 4 N–H and O–H groups in total. The molecular weight excluding hydrogens is 288 g/mol. The number of nitrogens with one attached hydrogen (secondary N) is 1. The molecule has 106 valence electrons. The number of aliphatic hydroxyl groups is 1. The van der Waals surface area contributed by atoms with Crippen LogP contribution < -0.4 is 10.5 Å². The van der Waals surface area contributed by atoms with Gasteiger partial charge in [-0.05, 0) is 24.6 Å². The summed E-state index contributed by atoms with van der Waals surface area (Å²) < 4.78 is 27.1. The predicted octanol–water partition coefficient (Wildman–Crippen LogP) is 1.36. The summed E-state index contributed by atoms with van der Waals surface area (Å²) in [6.07, 6.45) is -0.0949. The minimum absolute atomic E-state index is 0.00842. The molecule has 1 aliphatic carbocycles. The summed E-state index contributed by atoms with van der Waals surface area (Å²) in [7, 11) is -3.71. The molecule has 0 spiro atoms. The SMILES string of the molecule is CC1(C)C(O)CC1NS(=O)(=O)c1ccc(Cl)cc1N. The number of hydrogen-bond donors (Lipinski definition) is 3. The molecule has 7 heteroatoms. The van der Waals surface area contributed by atoms with Crippen LogP contribution >= 0.6 is 11.6 Å². The van der Waals surface area contributed by atoms with Crippen LogP contribution in [0.1, 0.15) is 20.3 Å². The van der Waals surface area contributed by atoms with Gasteiger partial charge in [-0.1, -0.05) is 25.4 Å². The molecule has 19 heavy (non-hydrogen) atoms. The highest BCUT2D eigenvalue weighted by Gasteiger charge is 2.49. The Labute approximate surface area is 117 Å². The number of sulfonamides is 1. The number of hydrogen-bond acceptors (Lipinski definition) is 4. The van der Waals surface area contributed by atoms with E-state index >= 15 is 0 Å². The van der Waals surface area contributed by atoms with Gasteiger partial charge in [-0.15, -0.1) is 0 Å². The summed E-state index contributed by atoms with van der Waals surface area (Å²) in [4.78, 5) is 0.00842. The lowest BCUT2D eigenvalue weighted by Gasteiger charge is -2.49. The molecular formula is C12H17ClN2O3S. The fraction of sp³-hybridized carbons (Fsp3) is 0.500. The van der Waals surface area contributed by atoms with Gasteiger partial charge in [-0.25, -0.2) is 13.1 Å². The zero-order valence-corrected chi connectivity index (χ0v) is 12.3. The summed E-state index contributed by atoms with van der Waals surface area (Å²) >= 11 is 5.75. The third-order valence-electron chi connectivity index (χ3n) is 3.77. The van der Waals surface area contributed by atoms with E-state index in [4.69, 9.17) is 17.3 Å². The highest BCUT2D eigenvalue weighted by Crippen LogP contribution is 2.41. The van der Waals surface area contributed by atoms with Crippen molar-refractivity contribution >= 4 is 27.3 Å². The van der Waals surface area contributed by atoms with E-state index < -0.39 is 21.5 Å². The van der Waals surface area contributed by atoms with Crippen molar-refractivity contribution in [3.63, 3.8) is 0 Å². The summed E-state index contributed by atoms with van der Waals surface area (Å²) in [5.41, 5.74) is 5.32. The topological polar surface area (TPSA) is 92.4 Å². The molecule has 5 nitrogen and oxygen atoms in total. The first-order valence-electron chi connectivity index (χ1n) is 5.90. The monoisotopic (exact) mass is 304 g/mol. The molecule has 0 aliphatic heterocycles. The van der Waals surface area contributed by atoms with Gasteiger partial charge in [-0.3, -0.25) is 0 Å². The molecule has 1 saturated carbocycles. The Morgan fingerprint density at radius 2 is 2.11 bits per heavy atom. The number of halogens is 1. The minimum atomic E-state index is -3.71. The van der Waals surface area contributed by atoms with Crippen LogP contribution in [0.2, 0.25) is 5.02 Å². The maximum absolute atomic E-state index is 12.2. The molecule has 0 bridgehead atoms. The van der Waals surface area contributed by atoms with Crippen LogP contribution in [-0.4, -0.2) is 25.7 Å². The van der Waals surface area contributed by atoms with Crippen molar-refractivity contribution in [2.24, 2.45) is 5.41 Å². The fourth-order valence-electron chi connectivity index (χ4n) is 2.12. The highest BCUT2D eigenvalue weighted by atomic mass is 35.5. The number of aliphatic hydroxyl groups excluding tert-OH is 1. The molecule has 2 unspecified atom stereocenters. The third-order valence-corrected chi connectivity index (χ3v) is 5.56. The van der Waals surface area contributed by atoms with E-state index in [2.05, 4.69) is 4.72 Å². The predicted molar refractivity (Wildman–Crippen MR) is 74.4 cm³/mol. The average Bonchev–Trinajstić information content (AvgIpc) is 2.27. The van der Waals surface area contributed by atoms with Gasteiger partial charge < -0.3 is 10.8 Å². The Kier molecular flexibility index (Phi) is 3.55. The summed E-state index contributed by atoms with van der Waals surface area (Å²) in [5, 5.41) is 10.0. The zero-order chi connectivity index (χ0) is 14.4. The van der Waals surface area contributed by atoms with Crippen molar-refractivity contribution in [2.75, 3.05) is 5.73 Å². The van der Waals surface area contributed by atoms with Gasteiger partial charge in [0.15, 0.2) is 0 Å². The second kappa shape index (κ2) is 4.63. The van der Waals surface area contributed by atoms with E-state index in [1.807, 2.05) is 13.8 Å². The first-order valence-corrected chi connectivity index (χ1v) is 7.76. The number of benzene rings is 1. The second-order valence-corrected chi connectivity index (χ2v) is 7.55. The molecule has 1 aliphatic rings. The summed E-state index contributed by atoms with van der Waals surface area (Å²) in [6.45, 7) is 3.64. The minimum Gasteiger partial charge on any atom is -0.398 e. The molecule has 2 rings (SSSR count). The molecule has 2 atom stereocenters. The van der Waals surface area contributed by atoms with Crippen LogP contribution in [0.4, 0.5) is 5.69 Å². The number of rotatable bonds is 3. The molecule has 0 aromatic heterocycles. The molecule has 0 saturated heterocycles. The Hall–Kier alpha value is -0.820. The normalized spacial score (nSPS) is 25.9. The highest BCUT2D eigenvalue weighted by molar-refractivity contribution is 7.89. The van der Waals surface area contributed by atoms with Gasteiger partial charge in [0, 0.05) is 16.5 Å². The Balaban J connectivity index is 2.25. The molecule has 0 amide bonds. The number of nitrogens with two attached hydrogens (primary N) is 1. The standard InChI is InChI=1S/C12H17ClN2O3S/c1-12(2)10(6-11(12)16)15-19(17,18)9-4-3-7(13)5-8(9)14/h3-5,10-11,15-16H,6,14H2,1-2H3. The lowest BCUT2D eigenvalue weighted by molar-refractivity contribution is -0.0645. The number of nitrogen functional groups attached to an aromatic ring is 1. The van der Waals surface area contributed by atoms with Crippen molar-refractivity contribution < 1.29 is 13.5 Å². The number of anilines is 1. The van der Waals surface area contributed by atoms with E-state index in [9.17, 15) is 13.5 Å². The largest absolute Gasteiger partial charge is 0.398 e. The Morgan fingerprint density at radius 3 is 2.58 bits per heavy atom. The van der Waals surface area contributed by atoms with Gasteiger partial charge in [0.2, 0.25) is 10.0 Å². The lowest BCUT2D eigenvalue weighted by atomic mass is 9.65. The van der Waals surface area contributed by atoms with E-state index in [1.165, 1.54) is 18.2 Å². The van der Waals surface area contributed by atoms with Crippen LogP contribution in [-0.2, 0) is 10.0 Å². The molecule has 0 heterocycles. The molecule has 1 aromatic carbocycles. The van der Waals surface area contributed by atoms with Gasteiger partial charge in [0.1, 0.15) is 4.90 Å². The first kappa shape index (κ1) is 14.6. The van der Waals surface area contributed by atoms with Crippen LogP contribution in [0, 0.1) is 5.41 Å². The molecule has 1 aromatic rings. The van der Waals surface area contributed by atoms with Crippen LogP contribution in [0.25, 0.3) is 0 Å². The van der Waals surface area contributed by atoms with Crippen molar-refractivity contribution in [1.82, 2.24) is 4.72 Å². The smallest absolute Gasteiger partial charge is 0.242 e. The van der Waals surface area contributed by atoms with Gasteiger partial charge in [0.25, 0.3) is 0 Å². The Morgan fingerprint density at radius 1 is 1.47 bits per heavy atom. The quantitative estimate of drug-likeness (QED) is 0.735. The molecule has 1 fully saturated rings. The van der Waals surface area contributed by atoms with Crippen molar-refractivity contribution in [3.05, 3.63) is 23.2 Å². The van der Waals surface area contributed by atoms with E-state index in [0.717, 1.165) is 0 Å². The van der Waals surface area contributed by atoms with Crippen molar-refractivity contribution in [3.8, 4) is 0 Å². The van der Waals surface area contributed by atoms with Crippen molar-refractivity contribution in [1.29, 1.82) is 0 Å². The van der Waals surface area contributed by atoms with E-state index in [-0.39, 0.29) is 16.6 Å². The third kappa shape index (κ3) is 2.58. The average molecular weight is 305 g/mol. The maximum atomic E-state index is 12.2. The Bertz CT molecular complexity index is 601. The zero-order valence-electron chi connectivity index (χ0n) is 10.7. The van der Waals surface area contributed by atoms with Crippen LogP contribution in [0.3, 0.4) is 0 Å². The van der Waals surface area contributed by atoms with E-state index in [1.54, 1.807) is 0 Å². The maximum Gasteiger partial charge on any atom is 0.242 e. The lowest BCUT2D eigenvalue weighted by Crippen LogP contribution is -2.61. The van der Waals surface area contributed by atoms with Crippen LogP contribution in [0.5, 0.6) is 0 Å². The van der Waals surface area contributed by atoms with Gasteiger partial charge >= 0.3 is 0 Å². The summed E-state index contributed by atoms with van der Waals surface area (Å²) in [6, 6.07) is 3.95. The van der Waals surface area contributed by atoms with Gasteiger partial charge in [0.05, 0.1) is 11.8 Å². The van der Waals surface area contributed by atoms with Gasteiger partial charge in [-0.2, -0.15) is 0 Å². The van der Waals surface area contributed by atoms with E-state index in [0.29, 0.717) is 11.4 Å². The molecule has 0 radical (unpaired) electrons. The fourth-order valence-corrected chi connectivity index (χ4v) is 3.82. The first-order chi connectivity index (χ1) is 8.64. The summed E-state index contributed by atoms with van der Waals surface area (Å²) in [5.74, 6) is 0. The van der Waals surface area contributed by atoms with Crippen LogP contribution in [0.15, 0.2) is 23.1 Å².